The summed E-state index contributed by atoms with van der Waals surface area (Å²) in [6.45, 7) is 3.80. The lowest BCUT2D eigenvalue weighted by atomic mass is 10.2. The summed E-state index contributed by atoms with van der Waals surface area (Å²) in [6.07, 6.45) is 1.31. The van der Waals surface area contributed by atoms with E-state index in [4.69, 9.17) is 9.68 Å². The summed E-state index contributed by atoms with van der Waals surface area (Å²) in [6, 6.07) is 8.15. The molecule has 0 aliphatic rings. The van der Waals surface area contributed by atoms with E-state index >= 15 is 0 Å². The Morgan fingerprint density at radius 1 is 1.45 bits per heavy atom. The van der Waals surface area contributed by atoms with Crippen molar-refractivity contribution in [2.75, 3.05) is 5.43 Å². The van der Waals surface area contributed by atoms with Crippen LogP contribution in [0.1, 0.15) is 36.9 Å². The Balaban J connectivity index is 2.15. The lowest BCUT2D eigenvalue weighted by molar-refractivity contribution is 0.481. The van der Waals surface area contributed by atoms with Crippen LogP contribution < -0.4 is 5.43 Å². The van der Waals surface area contributed by atoms with Gasteiger partial charge in [-0.3, -0.25) is 0 Å². The second kappa shape index (κ2) is 5.97. The lowest BCUT2D eigenvalue weighted by Crippen LogP contribution is -1.93. The maximum absolute atomic E-state index is 13.4. The van der Waals surface area contributed by atoms with Gasteiger partial charge in [0.05, 0.1) is 6.21 Å². The minimum atomic E-state index is -0.376. The van der Waals surface area contributed by atoms with E-state index in [-0.39, 0.29) is 23.3 Å². The first kappa shape index (κ1) is 13.7. The molecule has 2 rings (SSSR count). The maximum atomic E-state index is 13.4. The van der Waals surface area contributed by atoms with Gasteiger partial charge in [-0.2, -0.15) is 10.4 Å². The Labute approximate surface area is 115 Å². The van der Waals surface area contributed by atoms with Gasteiger partial charge in [-0.15, -0.1) is 0 Å². The molecule has 0 unspecified atom stereocenters. The smallest absolute Gasteiger partial charge is 0.252 e. The number of nitrogens with zero attached hydrogens (tertiary/aromatic N) is 3. The third-order valence-electron chi connectivity index (χ3n) is 2.52. The zero-order valence-corrected chi connectivity index (χ0v) is 11.1. The molecule has 0 saturated heterocycles. The number of nitriles is 1. The molecule has 0 spiro atoms. The van der Waals surface area contributed by atoms with E-state index in [1.54, 1.807) is 18.2 Å². The van der Waals surface area contributed by atoms with Gasteiger partial charge in [-0.25, -0.2) is 14.8 Å². The van der Waals surface area contributed by atoms with E-state index in [1.165, 1.54) is 12.3 Å². The van der Waals surface area contributed by atoms with Crippen molar-refractivity contribution >= 4 is 12.1 Å². The van der Waals surface area contributed by atoms with Gasteiger partial charge >= 0.3 is 0 Å². The fourth-order valence-electron chi connectivity index (χ4n) is 1.48. The highest BCUT2D eigenvalue weighted by atomic mass is 19.1. The molecule has 0 aliphatic heterocycles. The van der Waals surface area contributed by atoms with Gasteiger partial charge in [-0.1, -0.05) is 32.0 Å². The van der Waals surface area contributed by atoms with E-state index in [0.29, 0.717) is 11.5 Å². The molecule has 20 heavy (non-hydrogen) atoms. The molecule has 0 aliphatic carbocycles. The van der Waals surface area contributed by atoms with E-state index < -0.39 is 0 Å². The molecule has 0 amide bonds. The molecule has 1 aromatic carbocycles. The molecule has 1 heterocycles. The van der Waals surface area contributed by atoms with Crippen LogP contribution in [0.2, 0.25) is 0 Å². The third kappa shape index (κ3) is 3.01. The fraction of sp³-hybridized carbons (Fsp3) is 0.214. The van der Waals surface area contributed by atoms with Crippen LogP contribution in [-0.4, -0.2) is 11.2 Å². The van der Waals surface area contributed by atoms with Gasteiger partial charge in [0.25, 0.3) is 5.88 Å². The van der Waals surface area contributed by atoms with Crippen molar-refractivity contribution in [2.24, 2.45) is 5.10 Å². The molecule has 0 atom stereocenters. The average Bonchev–Trinajstić information content (AvgIpc) is 2.84. The van der Waals surface area contributed by atoms with Crippen molar-refractivity contribution in [3.05, 3.63) is 47.2 Å². The number of hydrazone groups is 1. The number of halogens is 1. The van der Waals surface area contributed by atoms with E-state index in [0.717, 1.165) is 0 Å². The average molecular weight is 272 g/mol. The first-order chi connectivity index (χ1) is 9.61. The van der Waals surface area contributed by atoms with Gasteiger partial charge in [0.2, 0.25) is 11.6 Å². The maximum Gasteiger partial charge on any atom is 0.252 e. The van der Waals surface area contributed by atoms with Gasteiger partial charge in [0.1, 0.15) is 11.9 Å². The summed E-state index contributed by atoms with van der Waals surface area (Å²) >= 11 is 0. The highest BCUT2D eigenvalue weighted by Gasteiger charge is 2.14. The van der Waals surface area contributed by atoms with Crippen molar-refractivity contribution in [3.8, 4) is 6.07 Å². The Bertz CT molecular complexity index is 670. The number of hydrogen-bond acceptors (Lipinski definition) is 5. The highest BCUT2D eigenvalue weighted by Crippen LogP contribution is 2.21. The van der Waals surface area contributed by atoms with Crippen LogP contribution in [0.4, 0.5) is 10.3 Å². The summed E-state index contributed by atoms with van der Waals surface area (Å²) in [5.74, 6) is 0.293. The van der Waals surface area contributed by atoms with Gasteiger partial charge in [0.15, 0.2) is 0 Å². The molecule has 0 saturated carbocycles. The molecule has 102 valence electrons. The molecular weight excluding hydrogens is 259 g/mol. The van der Waals surface area contributed by atoms with Crippen LogP contribution in [0.15, 0.2) is 33.8 Å². The molecule has 0 fully saturated rings. The summed E-state index contributed by atoms with van der Waals surface area (Å²) in [7, 11) is 0. The normalized spacial score (nSPS) is 10.9. The number of hydrogen-bond donors (Lipinski definition) is 1. The lowest BCUT2D eigenvalue weighted by Gasteiger charge is -1.97. The monoisotopic (exact) mass is 272 g/mol. The van der Waals surface area contributed by atoms with Crippen LogP contribution in [0.5, 0.6) is 0 Å². The molecule has 6 heteroatoms. The van der Waals surface area contributed by atoms with Crippen molar-refractivity contribution in [3.63, 3.8) is 0 Å². The predicted octanol–water partition coefficient (Wildman–Crippen LogP) is 3.25. The topological polar surface area (TPSA) is 74.2 Å². The second-order valence-electron chi connectivity index (χ2n) is 4.39. The Kier molecular flexibility index (Phi) is 4.11. The quantitative estimate of drug-likeness (QED) is 0.684. The van der Waals surface area contributed by atoms with Crippen LogP contribution in [-0.2, 0) is 0 Å². The Hall–Kier alpha value is -2.68. The summed E-state index contributed by atoms with van der Waals surface area (Å²) in [4.78, 5) is 4.03. The fourth-order valence-corrected chi connectivity index (χ4v) is 1.48. The largest absolute Gasteiger partial charge is 0.422 e. The summed E-state index contributed by atoms with van der Waals surface area (Å²) in [5, 5.41) is 12.8. The second-order valence-corrected chi connectivity index (χ2v) is 4.39. The number of nitrogens with one attached hydrogen (secondary N) is 1. The van der Waals surface area contributed by atoms with Crippen LogP contribution >= 0.6 is 0 Å². The van der Waals surface area contributed by atoms with Crippen molar-refractivity contribution in [1.82, 2.24) is 4.98 Å². The van der Waals surface area contributed by atoms with Gasteiger partial charge in [0, 0.05) is 11.5 Å². The SMILES string of the molecule is CC(C)c1nc(C#N)c(NN=Cc2ccccc2F)o1. The zero-order valence-electron chi connectivity index (χ0n) is 11.1. The number of benzene rings is 1. The first-order valence-electron chi connectivity index (χ1n) is 6.06. The van der Waals surface area contributed by atoms with Crippen molar-refractivity contribution in [1.29, 1.82) is 5.26 Å². The van der Waals surface area contributed by atoms with Crippen molar-refractivity contribution in [2.45, 2.75) is 19.8 Å². The van der Waals surface area contributed by atoms with Crippen LogP contribution in [0.3, 0.4) is 0 Å². The molecule has 1 N–H and O–H groups in total. The summed E-state index contributed by atoms with van der Waals surface area (Å²) < 4.78 is 18.7. The van der Waals surface area contributed by atoms with Crippen molar-refractivity contribution < 1.29 is 8.81 Å². The number of aromatic nitrogens is 1. The van der Waals surface area contributed by atoms with Crippen LogP contribution in [0.25, 0.3) is 0 Å². The third-order valence-corrected chi connectivity index (χ3v) is 2.52. The predicted molar refractivity (Wildman–Crippen MR) is 72.9 cm³/mol. The zero-order chi connectivity index (χ0) is 14.5. The van der Waals surface area contributed by atoms with E-state index in [1.807, 2.05) is 19.9 Å². The molecule has 1 aromatic heterocycles. The molecule has 5 nitrogen and oxygen atoms in total. The standard InChI is InChI=1S/C14H13FN4O/c1-9(2)13-18-12(7-16)14(20-13)19-17-8-10-5-3-4-6-11(10)15/h3-6,8-9,19H,1-2H3. The van der Waals surface area contributed by atoms with Crippen LogP contribution in [0, 0.1) is 17.1 Å². The molecule has 0 radical (unpaired) electrons. The van der Waals surface area contributed by atoms with Gasteiger partial charge < -0.3 is 4.42 Å². The van der Waals surface area contributed by atoms with E-state index in [2.05, 4.69) is 15.5 Å². The number of rotatable bonds is 4. The number of anilines is 1. The Morgan fingerprint density at radius 3 is 2.85 bits per heavy atom. The van der Waals surface area contributed by atoms with E-state index in [9.17, 15) is 4.39 Å². The van der Waals surface area contributed by atoms with Gasteiger partial charge in [-0.05, 0) is 6.07 Å². The minimum Gasteiger partial charge on any atom is -0.422 e. The minimum absolute atomic E-state index is 0.0631. The number of oxazole rings is 1. The molecule has 0 bridgehead atoms. The molecular formula is C14H13FN4O. The molecule has 2 aromatic rings. The highest BCUT2D eigenvalue weighted by molar-refractivity contribution is 5.80. The summed E-state index contributed by atoms with van der Waals surface area (Å²) in [5.41, 5.74) is 3.03. The first-order valence-corrected chi connectivity index (χ1v) is 6.06. The Morgan fingerprint density at radius 2 is 2.20 bits per heavy atom.